The lowest BCUT2D eigenvalue weighted by molar-refractivity contribution is -0.756. The van der Waals surface area contributed by atoms with Gasteiger partial charge >= 0.3 is 0 Å². The highest BCUT2D eigenvalue weighted by Crippen LogP contribution is 2.51. The number of fused-ring (bicyclic) bond motifs is 3. The van der Waals surface area contributed by atoms with Crippen LogP contribution in [-0.4, -0.2) is 0 Å². The largest absolute Gasteiger partial charge is 0.216 e. The fraction of sp³-hybridized carbons (Fsp3) is 0.286. The molecule has 2 heteroatoms. The maximum Gasteiger partial charge on any atom is 0.216 e. The summed E-state index contributed by atoms with van der Waals surface area (Å²) in [5.74, 6) is 0. The van der Waals surface area contributed by atoms with Crippen LogP contribution in [0.3, 0.4) is 0 Å². The van der Waals surface area contributed by atoms with E-state index in [1.165, 1.54) is 55.9 Å². The molecular formula is C42H46N2+2. The molecule has 0 amide bonds. The van der Waals surface area contributed by atoms with E-state index in [2.05, 4.69) is 172 Å². The number of aromatic nitrogens is 2. The summed E-state index contributed by atoms with van der Waals surface area (Å²) in [6.07, 6.45) is 13.8. The van der Waals surface area contributed by atoms with Crippen LogP contribution in [0, 0.1) is 13.8 Å². The predicted molar refractivity (Wildman–Crippen MR) is 183 cm³/mol. The number of aryl methyl sites for hydroxylation is 3. The third kappa shape index (κ3) is 4.81. The zero-order chi connectivity index (χ0) is 30.9. The quantitative estimate of drug-likeness (QED) is 0.128. The Labute approximate surface area is 264 Å². The summed E-state index contributed by atoms with van der Waals surface area (Å²) in [5, 5.41) is 0. The Balaban J connectivity index is 1.43. The monoisotopic (exact) mass is 578 g/mol. The minimum absolute atomic E-state index is 0.0437. The van der Waals surface area contributed by atoms with E-state index < -0.39 is 0 Å². The van der Waals surface area contributed by atoms with E-state index in [4.69, 9.17) is 0 Å². The highest BCUT2D eigenvalue weighted by atomic mass is 15.1. The Morgan fingerprint density at radius 1 is 0.750 bits per heavy atom. The second-order valence-electron chi connectivity index (χ2n) is 12.8. The Hall–Kier alpha value is -4.30. The molecule has 2 unspecified atom stereocenters. The number of hydrogen-bond acceptors (Lipinski definition) is 0. The fourth-order valence-electron chi connectivity index (χ4n) is 7.85. The van der Waals surface area contributed by atoms with E-state index in [0.717, 1.165) is 25.7 Å². The number of pyridine rings is 2. The molecule has 2 aromatic heterocycles. The Morgan fingerprint density at radius 2 is 1.45 bits per heavy atom. The Bertz CT molecular complexity index is 1830. The number of rotatable bonds is 8. The van der Waals surface area contributed by atoms with Crippen LogP contribution in [0.2, 0.25) is 0 Å². The minimum Gasteiger partial charge on any atom is -0.200 e. The van der Waals surface area contributed by atoms with E-state index >= 15 is 0 Å². The molecule has 222 valence electrons. The van der Waals surface area contributed by atoms with Crippen molar-refractivity contribution >= 4 is 0 Å². The van der Waals surface area contributed by atoms with Gasteiger partial charge in [-0.15, -0.1) is 0 Å². The summed E-state index contributed by atoms with van der Waals surface area (Å²) >= 11 is 0. The van der Waals surface area contributed by atoms with Crippen LogP contribution in [0.1, 0.15) is 62.3 Å². The van der Waals surface area contributed by atoms with Crippen molar-refractivity contribution in [2.24, 2.45) is 7.05 Å². The third-order valence-corrected chi connectivity index (χ3v) is 10.3. The topological polar surface area (TPSA) is 7.76 Å². The molecule has 0 saturated carbocycles. The van der Waals surface area contributed by atoms with Gasteiger partial charge in [-0.25, -0.2) is 4.57 Å². The Morgan fingerprint density at radius 3 is 2.20 bits per heavy atom. The summed E-state index contributed by atoms with van der Waals surface area (Å²) in [7, 11) is 2.17. The zero-order valence-electron chi connectivity index (χ0n) is 27.3. The van der Waals surface area contributed by atoms with E-state index in [-0.39, 0.29) is 11.0 Å². The minimum atomic E-state index is -0.167. The summed E-state index contributed by atoms with van der Waals surface area (Å²) in [6.45, 7) is 11.7. The molecular weight excluding hydrogens is 532 g/mol. The van der Waals surface area contributed by atoms with Crippen molar-refractivity contribution in [1.82, 2.24) is 0 Å². The normalized spacial score (nSPS) is 19.1. The lowest BCUT2D eigenvalue weighted by atomic mass is 9.59. The lowest BCUT2D eigenvalue weighted by Gasteiger charge is -2.47. The molecule has 0 saturated heterocycles. The van der Waals surface area contributed by atoms with Gasteiger partial charge in [-0.1, -0.05) is 86.7 Å². The van der Waals surface area contributed by atoms with Crippen LogP contribution >= 0.6 is 0 Å². The van der Waals surface area contributed by atoms with Crippen molar-refractivity contribution in [2.75, 3.05) is 0 Å². The highest BCUT2D eigenvalue weighted by molar-refractivity contribution is 5.70. The van der Waals surface area contributed by atoms with Gasteiger partial charge < -0.3 is 0 Å². The molecule has 1 aliphatic rings. The van der Waals surface area contributed by atoms with Gasteiger partial charge in [-0.05, 0) is 86.6 Å². The maximum absolute atomic E-state index is 2.62. The van der Waals surface area contributed by atoms with Gasteiger partial charge in [-0.2, -0.15) is 4.57 Å². The molecule has 0 aliphatic carbocycles. The van der Waals surface area contributed by atoms with Crippen molar-refractivity contribution in [3.05, 3.63) is 144 Å². The number of benzene rings is 3. The van der Waals surface area contributed by atoms with Crippen molar-refractivity contribution in [3.8, 4) is 33.6 Å². The first-order valence-corrected chi connectivity index (χ1v) is 16.3. The Kier molecular flexibility index (Phi) is 8.12. The van der Waals surface area contributed by atoms with Gasteiger partial charge in [0.25, 0.3) is 0 Å². The summed E-state index contributed by atoms with van der Waals surface area (Å²) < 4.78 is 4.91. The summed E-state index contributed by atoms with van der Waals surface area (Å²) in [4.78, 5) is 0. The molecule has 44 heavy (non-hydrogen) atoms. The molecule has 0 bridgehead atoms. The SMILES string of the molecule is CCCC1(C=CCc2ccccc2-c2cc(C)c(-c3ccccc3)c[n+]2C)[n+]2cccc(C)c2-c2ccccc2C1(C)CC. The van der Waals surface area contributed by atoms with Gasteiger partial charge in [-0.3, -0.25) is 0 Å². The molecule has 5 aromatic rings. The number of hydrogen-bond donors (Lipinski definition) is 0. The van der Waals surface area contributed by atoms with Crippen LogP contribution < -0.4 is 9.13 Å². The number of allylic oxidation sites excluding steroid dienone is 2. The number of nitrogens with zero attached hydrogens (tertiary/aromatic N) is 2. The highest BCUT2D eigenvalue weighted by Gasteiger charge is 2.58. The average molecular weight is 579 g/mol. The van der Waals surface area contributed by atoms with E-state index in [1.807, 2.05) is 0 Å². The first kappa shape index (κ1) is 29.8. The van der Waals surface area contributed by atoms with Crippen LogP contribution in [-0.2, 0) is 24.4 Å². The fourth-order valence-corrected chi connectivity index (χ4v) is 7.85. The molecule has 0 spiro atoms. The van der Waals surface area contributed by atoms with Crippen LogP contribution in [0.25, 0.3) is 33.6 Å². The van der Waals surface area contributed by atoms with Crippen LogP contribution in [0.5, 0.6) is 0 Å². The van der Waals surface area contributed by atoms with Crippen molar-refractivity contribution in [2.45, 2.75) is 71.3 Å². The van der Waals surface area contributed by atoms with E-state index in [0.29, 0.717) is 0 Å². The van der Waals surface area contributed by atoms with Crippen molar-refractivity contribution < 1.29 is 9.13 Å². The summed E-state index contributed by atoms with van der Waals surface area (Å²) in [6, 6.07) is 35.6. The summed E-state index contributed by atoms with van der Waals surface area (Å²) in [5.41, 5.74) is 13.0. The second kappa shape index (κ2) is 12.0. The molecule has 6 rings (SSSR count). The standard InChI is InChI=1S/C42H46N2/c1-7-26-42(41(5,8-2)38-25-15-14-24-36(38)40-31(3)18-17-28-44(40)42)27-16-22-33-21-12-13-23-35(33)39-29-32(4)37(30-43(39)6)34-19-10-9-11-20-34/h9-21,23-25,27-30H,7-8,22,26H2,1-6H3/q+2. The average Bonchev–Trinajstić information content (AvgIpc) is 3.05. The van der Waals surface area contributed by atoms with Gasteiger partial charge in [0.15, 0.2) is 17.9 Å². The van der Waals surface area contributed by atoms with E-state index in [9.17, 15) is 0 Å². The van der Waals surface area contributed by atoms with Crippen LogP contribution in [0.15, 0.2) is 122 Å². The third-order valence-electron chi connectivity index (χ3n) is 10.3. The lowest BCUT2D eigenvalue weighted by Crippen LogP contribution is -2.68. The van der Waals surface area contributed by atoms with Gasteiger partial charge in [0, 0.05) is 35.2 Å². The zero-order valence-corrected chi connectivity index (χ0v) is 27.3. The van der Waals surface area contributed by atoms with Crippen molar-refractivity contribution in [1.29, 1.82) is 0 Å². The van der Waals surface area contributed by atoms with Gasteiger partial charge in [0.05, 0.1) is 11.0 Å². The molecule has 0 fully saturated rings. The maximum atomic E-state index is 2.62. The molecule has 1 aliphatic heterocycles. The van der Waals surface area contributed by atoms with E-state index in [1.54, 1.807) is 0 Å². The van der Waals surface area contributed by atoms with Gasteiger partial charge in [0.2, 0.25) is 11.4 Å². The molecule has 3 aromatic carbocycles. The molecule has 2 nitrogen and oxygen atoms in total. The smallest absolute Gasteiger partial charge is 0.200 e. The predicted octanol–water partition coefficient (Wildman–Crippen LogP) is 9.39. The van der Waals surface area contributed by atoms with Crippen LogP contribution in [0.4, 0.5) is 0 Å². The molecule has 0 radical (unpaired) electrons. The van der Waals surface area contributed by atoms with Crippen molar-refractivity contribution in [3.63, 3.8) is 0 Å². The molecule has 2 atom stereocenters. The second-order valence-corrected chi connectivity index (χ2v) is 12.8. The molecule has 3 heterocycles. The first-order chi connectivity index (χ1) is 21.3. The first-order valence-electron chi connectivity index (χ1n) is 16.3. The molecule has 0 N–H and O–H groups in total. The van der Waals surface area contributed by atoms with Gasteiger partial charge in [0.1, 0.15) is 7.05 Å².